The average molecular weight is 430 g/mol. The molecule has 1 aromatic carbocycles. The molecule has 5 aliphatic rings. The molecule has 158 valence electrons. The zero-order valence-corrected chi connectivity index (χ0v) is 17.5. The number of aliphatic hydroxyl groups excluding tert-OH is 1. The number of halogens is 1. The first-order valence-electron chi connectivity index (χ1n) is 10.6. The van der Waals surface area contributed by atoms with Gasteiger partial charge in [0, 0.05) is 28.5 Å². The maximum Gasteiger partial charge on any atom is 0.261 e. The third-order valence-corrected chi connectivity index (χ3v) is 7.60. The minimum atomic E-state index is -0.770. The average Bonchev–Trinajstić information content (AvgIpc) is 3.10. The molecule has 2 N–H and O–H groups in total. The Kier molecular flexibility index (Phi) is 3.85. The van der Waals surface area contributed by atoms with Crippen LogP contribution >= 0.6 is 11.6 Å². The molecule has 1 amide bonds. The number of rotatable bonds is 4. The summed E-state index contributed by atoms with van der Waals surface area (Å²) in [5.74, 6) is 2.98. The van der Waals surface area contributed by atoms with Gasteiger partial charge in [0.25, 0.3) is 5.91 Å². The van der Waals surface area contributed by atoms with E-state index in [4.69, 9.17) is 20.8 Å². The van der Waals surface area contributed by atoms with E-state index < -0.39 is 12.2 Å². The number of nitrogens with one attached hydrogen (secondary N) is 1. The number of hydrogen-bond donors (Lipinski definition) is 2. The van der Waals surface area contributed by atoms with Crippen LogP contribution in [0.25, 0.3) is 0 Å². The molecule has 0 unspecified atom stereocenters. The highest BCUT2D eigenvalue weighted by molar-refractivity contribution is 6.30. The van der Waals surface area contributed by atoms with Crippen molar-refractivity contribution in [1.29, 1.82) is 0 Å². The summed E-state index contributed by atoms with van der Waals surface area (Å²) in [6, 6.07) is 5.08. The zero-order valence-electron chi connectivity index (χ0n) is 16.7. The summed E-state index contributed by atoms with van der Waals surface area (Å²) in [4.78, 5) is 12.8. The molecule has 4 saturated carbocycles. The van der Waals surface area contributed by atoms with Crippen molar-refractivity contribution in [3.8, 4) is 5.75 Å². The number of aliphatic hydroxyl groups is 1. The maximum atomic E-state index is 12.8. The third kappa shape index (κ3) is 2.71. The van der Waals surface area contributed by atoms with Gasteiger partial charge in [-0.1, -0.05) is 18.5 Å². The molecular formula is C22H24ClN3O4. The summed E-state index contributed by atoms with van der Waals surface area (Å²) in [6.07, 6.45) is 3.42. The summed E-state index contributed by atoms with van der Waals surface area (Å²) in [7, 11) is 0. The molecule has 1 aliphatic heterocycles. The highest BCUT2D eigenvalue weighted by Crippen LogP contribution is 2.67. The number of aromatic nitrogens is 2. The van der Waals surface area contributed by atoms with E-state index in [1.165, 1.54) is 0 Å². The Morgan fingerprint density at radius 3 is 2.73 bits per heavy atom. The van der Waals surface area contributed by atoms with Crippen molar-refractivity contribution in [1.82, 2.24) is 15.5 Å². The molecule has 2 heterocycles. The lowest BCUT2D eigenvalue weighted by Gasteiger charge is -2.68. The van der Waals surface area contributed by atoms with E-state index >= 15 is 0 Å². The van der Waals surface area contributed by atoms with Gasteiger partial charge in [0.1, 0.15) is 5.75 Å². The van der Waals surface area contributed by atoms with E-state index in [2.05, 4.69) is 22.4 Å². The second-order valence-electron chi connectivity index (χ2n) is 9.84. The largest absolute Gasteiger partial charge is 0.480 e. The monoisotopic (exact) mass is 429 g/mol. The molecular weight excluding hydrogens is 406 g/mol. The zero-order chi connectivity index (χ0) is 20.7. The van der Waals surface area contributed by atoms with E-state index in [0.717, 1.165) is 49.8 Å². The Labute approximate surface area is 179 Å². The van der Waals surface area contributed by atoms with Gasteiger partial charge < -0.3 is 19.6 Å². The van der Waals surface area contributed by atoms with Crippen molar-refractivity contribution >= 4 is 17.5 Å². The van der Waals surface area contributed by atoms with Crippen molar-refractivity contribution in [3.05, 3.63) is 40.6 Å². The highest BCUT2D eigenvalue weighted by atomic mass is 35.5. The Bertz CT molecular complexity index is 1010. The van der Waals surface area contributed by atoms with Gasteiger partial charge >= 0.3 is 0 Å². The number of benzene rings is 1. The Balaban J connectivity index is 1.08. The minimum Gasteiger partial charge on any atom is -0.480 e. The molecule has 8 heteroatoms. The lowest BCUT2D eigenvalue weighted by atomic mass is 9.39. The van der Waals surface area contributed by atoms with Crippen molar-refractivity contribution in [2.24, 2.45) is 5.92 Å². The fraction of sp³-hybridized carbons (Fsp3) is 0.591. The first kappa shape index (κ1) is 18.6. The quantitative estimate of drug-likeness (QED) is 0.772. The van der Waals surface area contributed by atoms with E-state index in [1.54, 1.807) is 18.2 Å². The number of hydrogen-bond acceptors (Lipinski definition) is 6. The number of fused-ring (bicyclic) bond motifs is 1. The number of carbonyl (C=O) groups is 1. The second kappa shape index (κ2) is 6.20. The van der Waals surface area contributed by atoms with Gasteiger partial charge in [0.2, 0.25) is 11.8 Å². The first-order valence-corrected chi connectivity index (χ1v) is 11.0. The SMILES string of the molecule is CC1CC(c2nnc(C34CC(NC(=O)[C@@H]5C[C@@H](O)c6cc(Cl)ccc6O5)(C3)C4)o2)C1. The van der Waals surface area contributed by atoms with Crippen LogP contribution in [0.15, 0.2) is 22.6 Å². The minimum absolute atomic E-state index is 0.0792. The summed E-state index contributed by atoms with van der Waals surface area (Å²) in [6.45, 7) is 2.24. The molecule has 4 fully saturated rings. The molecule has 0 spiro atoms. The van der Waals surface area contributed by atoms with Gasteiger partial charge in [0.15, 0.2) is 6.10 Å². The van der Waals surface area contributed by atoms with Gasteiger partial charge in [-0.25, -0.2) is 0 Å². The smallest absolute Gasteiger partial charge is 0.261 e. The number of nitrogens with zero attached hydrogens (tertiary/aromatic N) is 2. The van der Waals surface area contributed by atoms with Crippen LogP contribution in [0, 0.1) is 5.92 Å². The summed E-state index contributed by atoms with van der Waals surface area (Å²) >= 11 is 6.00. The fourth-order valence-corrected chi connectivity index (χ4v) is 5.97. The van der Waals surface area contributed by atoms with Crippen molar-refractivity contribution in [2.45, 2.75) is 74.5 Å². The highest BCUT2D eigenvalue weighted by Gasteiger charge is 2.72. The molecule has 7 nitrogen and oxygen atoms in total. The van der Waals surface area contributed by atoms with Crippen molar-refractivity contribution in [3.63, 3.8) is 0 Å². The Hall–Kier alpha value is -2.12. The summed E-state index contributed by atoms with van der Waals surface area (Å²) in [5, 5.41) is 22.7. The summed E-state index contributed by atoms with van der Waals surface area (Å²) < 4.78 is 11.9. The molecule has 2 atom stereocenters. The van der Waals surface area contributed by atoms with Crippen LogP contribution < -0.4 is 10.1 Å². The van der Waals surface area contributed by atoms with E-state index in [1.807, 2.05) is 0 Å². The topological polar surface area (TPSA) is 97.5 Å². The Morgan fingerprint density at radius 1 is 1.23 bits per heavy atom. The standard InChI is InChI=1S/C22H24ClN3O4/c1-11-4-12(5-11)19-25-26-20(30-19)21-8-22(9-21,10-21)24-18(28)17-7-15(27)14-6-13(23)2-3-16(14)29-17/h2-3,6,11-12,15,17,27H,4-5,7-10H2,1H3,(H,24,28)/t11?,12?,15-,17+,21?,22?/m1/s1. The number of ether oxygens (including phenoxy) is 1. The molecule has 2 bridgehead atoms. The lowest BCUT2D eigenvalue weighted by Crippen LogP contribution is -2.77. The van der Waals surface area contributed by atoms with Crippen LogP contribution in [0.4, 0.5) is 0 Å². The van der Waals surface area contributed by atoms with Crippen molar-refractivity contribution in [2.75, 3.05) is 0 Å². The molecule has 30 heavy (non-hydrogen) atoms. The van der Waals surface area contributed by atoms with Crippen LogP contribution in [0.1, 0.15) is 74.8 Å². The molecule has 1 aromatic heterocycles. The molecule has 2 aromatic rings. The van der Waals surface area contributed by atoms with Crippen molar-refractivity contribution < 1.29 is 19.1 Å². The summed E-state index contributed by atoms with van der Waals surface area (Å²) in [5.41, 5.74) is 0.333. The first-order chi connectivity index (χ1) is 14.3. The molecule has 7 rings (SSSR count). The van der Waals surface area contributed by atoms with Crippen LogP contribution in [0.2, 0.25) is 5.02 Å². The van der Waals surface area contributed by atoms with Crippen LogP contribution in [0.3, 0.4) is 0 Å². The molecule has 0 radical (unpaired) electrons. The van der Waals surface area contributed by atoms with E-state index in [0.29, 0.717) is 22.3 Å². The molecule has 0 saturated heterocycles. The van der Waals surface area contributed by atoms with E-state index in [9.17, 15) is 9.90 Å². The van der Waals surface area contributed by atoms with Crippen LogP contribution in [0.5, 0.6) is 5.75 Å². The van der Waals surface area contributed by atoms with Gasteiger partial charge in [-0.05, 0) is 56.2 Å². The fourth-order valence-electron chi connectivity index (χ4n) is 5.79. The normalized spacial score (nSPS) is 38.4. The van der Waals surface area contributed by atoms with Gasteiger partial charge in [-0.15, -0.1) is 10.2 Å². The van der Waals surface area contributed by atoms with Gasteiger partial charge in [0.05, 0.1) is 11.5 Å². The molecule has 4 aliphatic carbocycles. The van der Waals surface area contributed by atoms with E-state index in [-0.39, 0.29) is 23.3 Å². The lowest BCUT2D eigenvalue weighted by molar-refractivity contribution is -0.149. The van der Waals surface area contributed by atoms with Crippen LogP contribution in [-0.2, 0) is 10.2 Å². The number of amides is 1. The predicted octanol–water partition coefficient (Wildman–Crippen LogP) is 3.41. The van der Waals surface area contributed by atoms with Crippen LogP contribution in [-0.4, -0.2) is 32.9 Å². The van der Waals surface area contributed by atoms with Gasteiger partial charge in [-0.2, -0.15) is 0 Å². The van der Waals surface area contributed by atoms with Gasteiger partial charge in [-0.3, -0.25) is 4.79 Å². The predicted molar refractivity (Wildman–Crippen MR) is 107 cm³/mol. The maximum absolute atomic E-state index is 12.8. The third-order valence-electron chi connectivity index (χ3n) is 7.37. The Morgan fingerprint density at radius 2 is 2.00 bits per heavy atom. The second-order valence-corrected chi connectivity index (χ2v) is 10.3. The number of carbonyl (C=O) groups excluding carboxylic acids is 1.